The Bertz CT molecular complexity index is 812. The van der Waals surface area contributed by atoms with Gasteiger partial charge in [0.05, 0.1) is 31.7 Å². The summed E-state index contributed by atoms with van der Waals surface area (Å²) >= 11 is 1.48. The highest BCUT2D eigenvalue weighted by Crippen LogP contribution is 2.18. The van der Waals surface area contributed by atoms with Gasteiger partial charge in [0.25, 0.3) is 0 Å². The standard InChI is InChI=1S/C22H28N2O4S/c1-16-3-9-21(29-16)20(25)8-10-22(26)23-15-19(24-11-13-28-14-12-24)17-4-6-18(27-2)7-5-17/h3-7,9,19H,8,10-15H2,1-2H3,(H,23,26)/p+1/t19-/m0/s1. The van der Waals surface area contributed by atoms with Crippen LogP contribution >= 0.6 is 11.3 Å². The van der Waals surface area contributed by atoms with Crippen molar-refractivity contribution in [3.63, 3.8) is 0 Å². The van der Waals surface area contributed by atoms with Gasteiger partial charge >= 0.3 is 0 Å². The molecule has 1 amide bonds. The Hall–Kier alpha value is -2.22. The van der Waals surface area contributed by atoms with E-state index < -0.39 is 0 Å². The van der Waals surface area contributed by atoms with Gasteiger partial charge in [-0.05, 0) is 43.3 Å². The fraction of sp³-hybridized carbons (Fsp3) is 0.455. The average Bonchev–Trinajstić information content (AvgIpc) is 3.20. The number of quaternary nitrogens is 1. The Morgan fingerprint density at radius 1 is 1.14 bits per heavy atom. The van der Waals surface area contributed by atoms with E-state index in [9.17, 15) is 9.59 Å². The summed E-state index contributed by atoms with van der Waals surface area (Å²) in [5.74, 6) is 0.761. The predicted octanol–water partition coefficient (Wildman–Crippen LogP) is 1.80. The second-order valence-corrected chi connectivity index (χ2v) is 8.52. The fourth-order valence-electron chi connectivity index (χ4n) is 3.56. The summed E-state index contributed by atoms with van der Waals surface area (Å²) in [6.45, 7) is 5.77. The number of ketones is 1. The van der Waals surface area contributed by atoms with Gasteiger partial charge in [0, 0.05) is 23.3 Å². The molecule has 7 heteroatoms. The normalized spacial score (nSPS) is 15.7. The van der Waals surface area contributed by atoms with Crippen LogP contribution in [0.1, 0.15) is 39.0 Å². The summed E-state index contributed by atoms with van der Waals surface area (Å²) in [6, 6.07) is 11.9. The van der Waals surface area contributed by atoms with Crippen molar-refractivity contribution in [2.45, 2.75) is 25.8 Å². The number of carbonyl (C=O) groups is 2. The first-order valence-corrected chi connectivity index (χ1v) is 10.8. The molecule has 6 nitrogen and oxygen atoms in total. The lowest BCUT2D eigenvalue weighted by Crippen LogP contribution is -3.15. The molecule has 156 valence electrons. The van der Waals surface area contributed by atoms with Gasteiger partial charge in [0.2, 0.25) is 5.91 Å². The Labute approximate surface area is 175 Å². The Morgan fingerprint density at radius 3 is 2.48 bits per heavy atom. The van der Waals surface area contributed by atoms with E-state index >= 15 is 0 Å². The van der Waals surface area contributed by atoms with Crippen LogP contribution in [-0.4, -0.2) is 51.6 Å². The van der Waals surface area contributed by atoms with E-state index in [0.29, 0.717) is 6.54 Å². The third-order valence-electron chi connectivity index (χ3n) is 5.24. The minimum atomic E-state index is -0.0854. The second kappa shape index (κ2) is 10.5. The number of rotatable bonds is 9. The predicted molar refractivity (Wildman–Crippen MR) is 113 cm³/mol. The first kappa shape index (κ1) is 21.5. The molecule has 29 heavy (non-hydrogen) atoms. The maximum atomic E-state index is 12.4. The van der Waals surface area contributed by atoms with Gasteiger partial charge in [0.1, 0.15) is 24.9 Å². The summed E-state index contributed by atoms with van der Waals surface area (Å²) in [6.07, 6.45) is 0.451. The molecule has 2 N–H and O–H groups in total. The van der Waals surface area contributed by atoms with Gasteiger partial charge in [-0.3, -0.25) is 9.59 Å². The van der Waals surface area contributed by atoms with Crippen molar-refractivity contribution in [1.29, 1.82) is 0 Å². The van der Waals surface area contributed by atoms with Crippen LogP contribution in [0.4, 0.5) is 0 Å². The van der Waals surface area contributed by atoms with E-state index in [1.807, 2.05) is 31.2 Å². The number of hydrogen-bond donors (Lipinski definition) is 2. The average molecular weight is 418 g/mol. The van der Waals surface area contributed by atoms with Crippen molar-refractivity contribution in [3.8, 4) is 5.75 Å². The molecule has 1 aliphatic rings. The van der Waals surface area contributed by atoms with Crippen molar-refractivity contribution in [3.05, 3.63) is 51.7 Å². The van der Waals surface area contributed by atoms with Crippen molar-refractivity contribution in [2.24, 2.45) is 0 Å². The number of hydrogen-bond acceptors (Lipinski definition) is 5. The molecule has 0 spiro atoms. The minimum Gasteiger partial charge on any atom is -0.497 e. The smallest absolute Gasteiger partial charge is 0.220 e. The van der Waals surface area contributed by atoms with Crippen LogP contribution < -0.4 is 15.0 Å². The molecule has 2 heterocycles. The van der Waals surface area contributed by atoms with Gasteiger partial charge in [-0.25, -0.2) is 0 Å². The number of morpholine rings is 1. The Balaban J connectivity index is 1.56. The van der Waals surface area contributed by atoms with Crippen LogP contribution in [0.25, 0.3) is 0 Å². The molecular weight excluding hydrogens is 388 g/mol. The lowest BCUT2D eigenvalue weighted by molar-refractivity contribution is -0.937. The number of amides is 1. The van der Waals surface area contributed by atoms with Crippen LogP contribution in [-0.2, 0) is 9.53 Å². The number of thiophene rings is 1. The van der Waals surface area contributed by atoms with Gasteiger partial charge in [-0.1, -0.05) is 0 Å². The van der Waals surface area contributed by atoms with Crippen molar-refractivity contribution >= 4 is 23.0 Å². The zero-order valence-electron chi connectivity index (χ0n) is 17.0. The van der Waals surface area contributed by atoms with Crippen molar-refractivity contribution in [1.82, 2.24) is 5.32 Å². The highest BCUT2D eigenvalue weighted by atomic mass is 32.1. The molecule has 1 aliphatic heterocycles. The molecule has 0 unspecified atom stereocenters. The molecule has 0 radical (unpaired) electrons. The Kier molecular flexibility index (Phi) is 7.80. The number of nitrogens with one attached hydrogen (secondary N) is 2. The summed E-state index contributed by atoms with van der Waals surface area (Å²) in [5, 5.41) is 3.04. The van der Waals surface area contributed by atoms with E-state index in [0.717, 1.165) is 47.4 Å². The third-order valence-corrected chi connectivity index (χ3v) is 6.29. The monoisotopic (exact) mass is 417 g/mol. The maximum absolute atomic E-state index is 12.4. The first-order valence-electron chi connectivity index (χ1n) is 9.99. The van der Waals surface area contributed by atoms with E-state index in [2.05, 4.69) is 17.4 Å². The van der Waals surface area contributed by atoms with E-state index in [-0.39, 0.29) is 30.6 Å². The van der Waals surface area contributed by atoms with Gasteiger partial charge in [-0.2, -0.15) is 0 Å². The van der Waals surface area contributed by atoms with E-state index in [1.165, 1.54) is 16.2 Å². The third kappa shape index (κ3) is 6.13. The summed E-state index contributed by atoms with van der Waals surface area (Å²) in [7, 11) is 1.65. The lowest BCUT2D eigenvalue weighted by Gasteiger charge is -2.32. The first-order chi connectivity index (χ1) is 14.1. The molecule has 0 saturated carbocycles. The van der Waals surface area contributed by atoms with Gasteiger partial charge in [-0.15, -0.1) is 11.3 Å². The maximum Gasteiger partial charge on any atom is 0.220 e. The molecule has 1 saturated heterocycles. The zero-order valence-corrected chi connectivity index (χ0v) is 17.8. The van der Waals surface area contributed by atoms with Crippen LogP contribution in [0, 0.1) is 6.92 Å². The highest BCUT2D eigenvalue weighted by Gasteiger charge is 2.27. The van der Waals surface area contributed by atoms with Crippen molar-refractivity contribution in [2.75, 3.05) is 40.0 Å². The number of benzene rings is 1. The number of ether oxygens (including phenoxy) is 2. The topological polar surface area (TPSA) is 69.1 Å². The summed E-state index contributed by atoms with van der Waals surface area (Å²) < 4.78 is 10.7. The van der Waals surface area contributed by atoms with Crippen LogP contribution in [0.2, 0.25) is 0 Å². The van der Waals surface area contributed by atoms with Gasteiger partial charge < -0.3 is 19.7 Å². The summed E-state index contributed by atoms with van der Waals surface area (Å²) in [5.41, 5.74) is 1.16. The number of carbonyl (C=O) groups excluding carboxylic acids is 2. The highest BCUT2D eigenvalue weighted by molar-refractivity contribution is 7.14. The largest absolute Gasteiger partial charge is 0.497 e. The van der Waals surface area contributed by atoms with Crippen molar-refractivity contribution < 1.29 is 24.0 Å². The van der Waals surface area contributed by atoms with Crippen LogP contribution in [0.5, 0.6) is 5.75 Å². The quantitative estimate of drug-likeness (QED) is 0.611. The SMILES string of the molecule is COc1ccc([C@H](CNC(=O)CCC(=O)c2ccc(C)s2)[NH+]2CCOCC2)cc1. The molecule has 1 aromatic carbocycles. The molecule has 1 aromatic heterocycles. The molecule has 0 aliphatic carbocycles. The van der Waals surface area contributed by atoms with Crippen LogP contribution in [0.15, 0.2) is 36.4 Å². The second-order valence-electron chi connectivity index (χ2n) is 7.23. The lowest BCUT2D eigenvalue weighted by atomic mass is 10.0. The molecular formula is C22H29N2O4S+. The van der Waals surface area contributed by atoms with E-state index in [4.69, 9.17) is 9.47 Å². The molecule has 1 atom stereocenters. The molecule has 2 aromatic rings. The number of Topliss-reactive ketones (excluding diaryl/α,β-unsaturated/α-hetero) is 1. The zero-order chi connectivity index (χ0) is 20.6. The molecule has 3 rings (SSSR count). The minimum absolute atomic E-state index is 0.0313. The van der Waals surface area contributed by atoms with Gasteiger partial charge in [0.15, 0.2) is 5.78 Å². The number of aryl methyl sites for hydroxylation is 1. The molecule has 1 fully saturated rings. The summed E-state index contributed by atoms with van der Waals surface area (Å²) in [4.78, 5) is 27.8. The fourth-order valence-corrected chi connectivity index (χ4v) is 4.39. The number of methoxy groups -OCH3 is 1. The molecule has 0 bridgehead atoms. The van der Waals surface area contributed by atoms with Crippen LogP contribution in [0.3, 0.4) is 0 Å². The van der Waals surface area contributed by atoms with E-state index in [1.54, 1.807) is 7.11 Å². The Morgan fingerprint density at radius 2 is 1.86 bits per heavy atom.